The largest absolute Gasteiger partial charge is 0.495 e. The fourth-order valence-electron chi connectivity index (χ4n) is 2.27. The molecule has 0 bridgehead atoms. The molecule has 0 aromatic heterocycles. The minimum atomic E-state index is -3.59. The molecule has 1 N–H and O–H groups in total. The molecule has 1 amide bonds. The summed E-state index contributed by atoms with van der Waals surface area (Å²) >= 11 is 6.06. The van der Waals surface area contributed by atoms with Crippen molar-refractivity contribution in [2.75, 3.05) is 37.9 Å². The molecule has 0 spiro atoms. The molecule has 7 nitrogen and oxygen atoms in total. The summed E-state index contributed by atoms with van der Waals surface area (Å²) in [4.78, 5) is 11.7. The summed E-state index contributed by atoms with van der Waals surface area (Å²) in [6, 6.07) is 3.00. The van der Waals surface area contributed by atoms with Crippen LogP contribution in [0.5, 0.6) is 11.5 Å². The summed E-state index contributed by atoms with van der Waals surface area (Å²) in [7, 11) is -0.717. The van der Waals surface area contributed by atoms with Crippen molar-refractivity contribution in [3.8, 4) is 11.5 Å². The van der Waals surface area contributed by atoms with Crippen molar-refractivity contribution in [3.63, 3.8) is 0 Å². The predicted molar refractivity (Wildman–Crippen MR) is 92.5 cm³/mol. The van der Waals surface area contributed by atoms with Gasteiger partial charge in [-0.15, -0.1) is 0 Å². The van der Waals surface area contributed by atoms with Crippen molar-refractivity contribution in [1.82, 2.24) is 5.32 Å². The van der Waals surface area contributed by atoms with E-state index in [0.29, 0.717) is 22.2 Å². The van der Waals surface area contributed by atoms with Crippen LogP contribution in [-0.2, 0) is 14.8 Å². The van der Waals surface area contributed by atoms with E-state index in [1.165, 1.54) is 26.4 Å². The molecule has 2 rings (SSSR count). The number of carbonyl (C=O) groups is 1. The van der Waals surface area contributed by atoms with Crippen LogP contribution in [0.15, 0.2) is 12.1 Å². The Kier molecular flexibility index (Phi) is 5.82. The third kappa shape index (κ3) is 4.45. The topological polar surface area (TPSA) is 84.9 Å². The molecule has 0 unspecified atom stereocenters. The van der Waals surface area contributed by atoms with E-state index in [9.17, 15) is 13.2 Å². The minimum Gasteiger partial charge on any atom is -0.495 e. The molecular formula is C15H21ClN2O5S. The number of ether oxygens (including phenoxy) is 2. The lowest BCUT2D eigenvalue weighted by atomic mass is 10.2. The number of methoxy groups -OCH3 is 2. The first kappa shape index (κ1) is 18.7. The molecule has 0 atom stereocenters. The Morgan fingerprint density at radius 1 is 1.29 bits per heavy atom. The zero-order valence-corrected chi connectivity index (χ0v) is 15.4. The maximum absolute atomic E-state index is 12.2. The third-order valence-electron chi connectivity index (χ3n) is 3.68. The average Bonchev–Trinajstić information content (AvgIpc) is 3.35. The van der Waals surface area contributed by atoms with E-state index in [1.54, 1.807) is 0 Å². The molecule has 0 radical (unpaired) electrons. The number of hydrogen-bond donors (Lipinski definition) is 1. The minimum absolute atomic E-state index is 0.0379. The quantitative estimate of drug-likeness (QED) is 0.745. The highest BCUT2D eigenvalue weighted by Crippen LogP contribution is 2.38. The predicted octanol–water partition coefficient (Wildman–Crippen LogP) is 1.65. The van der Waals surface area contributed by atoms with E-state index in [4.69, 9.17) is 21.1 Å². The number of nitrogens with zero attached hydrogens (tertiary/aromatic N) is 1. The van der Waals surface area contributed by atoms with Crippen molar-refractivity contribution in [2.45, 2.75) is 12.8 Å². The fraction of sp³-hybridized carbons (Fsp3) is 0.533. The van der Waals surface area contributed by atoms with Crippen molar-refractivity contribution in [3.05, 3.63) is 17.2 Å². The van der Waals surface area contributed by atoms with Crippen LogP contribution >= 0.6 is 11.6 Å². The number of sulfonamides is 1. The molecule has 1 fully saturated rings. The first-order valence-corrected chi connectivity index (χ1v) is 9.67. The Morgan fingerprint density at radius 2 is 1.92 bits per heavy atom. The Morgan fingerprint density at radius 3 is 2.42 bits per heavy atom. The van der Waals surface area contributed by atoms with E-state index in [2.05, 4.69) is 5.32 Å². The second kappa shape index (κ2) is 7.48. The monoisotopic (exact) mass is 376 g/mol. The molecule has 0 heterocycles. The van der Waals surface area contributed by atoms with Gasteiger partial charge in [0.15, 0.2) is 0 Å². The summed E-state index contributed by atoms with van der Waals surface area (Å²) in [5.41, 5.74) is 0.307. The highest BCUT2D eigenvalue weighted by molar-refractivity contribution is 7.92. The van der Waals surface area contributed by atoms with Gasteiger partial charge in [0.1, 0.15) is 11.5 Å². The van der Waals surface area contributed by atoms with Gasteiger partial charge >= 0.3 is 0 Å². The van der Waals surface area contributed by atoms with Gasteiger partial charge in [-0.1, -0.05) is 11.6 Å². The summed E-state index contributed by atoms with van der Waals surface area (Å²) in [6.07, 6.45) is 2.88. The highest BCUT2D eigenvalue weighted by atomic mass is 35.5. The van der Waals surface area contributed by atoms with E-state index in [1.807, 2.05) is 0 Å². The van der Waals surface area contributed by atoms with E-state index in [-0.39, 0.29) is 24.9 Å². The standard InChI is InChI=1S/C15H21ClN2O5S/c1-22-13-9-12(14(23-2)8-11(13)16)18(24(3,20)21)7-6-17-15(19)10-4-5-10/h8-10H,4-7H2,1-3H3,(H,17,19). The van der Waals surface area contributed by atoms with E-state index in [0.717, 1.165) is 23.4 Å². The van der Waals surface area contributed by atoms with Crippen LogP contribution in [0.1, 0.15) is 12.8 Å². The lowest BCUT2D eigenvalue weighted by Crippen LogP contribution is -2.38. The number of benzene rings is 1. The van der Waals surface area contributed by atoms with Gasteiger partial charge in [-0.05, 0) is 12.8 Å². The Hall–Kier alpha value is -1.67. The summed E-state index contributed by atoms with van der Waals surface area (Å²) in [6.45, 7) is 0.287. The van der Waals surface area contributed by atoms with Gasteiger partial charge in [-0.2, -0.15) is 0 Å². The van der Waals surface area contributed by atoms with Crippen LogP contribution in [0.2, 0.25) is 5.02 Å². The van der Waals surface area contributed by atoms with Crippen LogP contribution in [0, 0.1) is 5.92 Å². The number of nitrogens with one attached hydrogen (secondary N) is 1. The Bertz CT molecular complexity index is 719. The Labute approximate surface area is 146 Å². The van der Waals surface area contributed by atoms with Crippen molar-refractivity contribution >= 4 is 33.2 Å². The SMILES string of the molecule is COc1cc(N(CCNC(=O)C2CC2)S(C)(=O)=O)c(OC)cc1Cl. The number of carbonyl (C=O) groups excluding carboxylic acids is 1. The van der Waals surface area contributed by atoms with Crippen molar-refractivity contribution in [1.29, 1.82) is 0 Å². The van der Waals surface area contributed by atoms with Crippen LogP contribution in [0.3, 0.4) is 0 Å². The van der Waals surface area contributed by atoms with Gasteiger partial charge in [0, 0.05) is 24.6 Å². The fourth-order valence-corrected chi connectivity index (χ4v) is 3.43. The molecule has 0 aliphatic heterocycles. The smallest absolute Gasteiger partial charge is 0.232 e. The maximum Gasteiger partial charge on any atom is 0.232 e. The van der Waals surface area contributed by atoms with Crippen molar-refractivity contribution < 1.29 is 22.7 Å². The van der Waals surface area contributed by atoms with Crippen LogP contribution in [0.25, 0.3) is 0 Å². The van der Waals surface area contributed by atoms with E-state index >= 15 is 0 Å². The zero-order valence-electron chi connectivity index (χ0n) is 13.8. The normalized spacial score (nSPS) is 14.2. The van der Waals surface area contributed by atoms with Crippen LogP contribution in [0.4, 0.5) is 5.69 Å². The molecule has 1 aromatic rings. The maximum atomic E-state index is 12.2. The summed E-state index contributed by atoms with van der Waals surface area (Å²) in [5.74, 6) is 0.675. The van der Waals surface area contributed by atoms with Gasteiger partial charge in [-0.25, -0.2) is 8.42 Å². The molecule has 1 aliphatic rings. The van der Waals surface area contributed by atoms with Gasteiger partial charge in [0.05, 0.1) is 37.7 Å². The molecule has 1 aliphatic carbocycles. The summed E-state index contributed by atoms with van der Waals surface area (Å²) < 4.78 is 35.9. The second-order valence-electron chi connectivity index (χ2n) is 5.56. The molecule has 0 saturated heterocycles. The molecular weight excluding hydrogens is 356 g/mol. The van der Waals surface area contributed by atoms with Gasteiger partial charge < -0.3 is 14.8 Å². The number of anilines is 1. The zero-order chi connectivity index (χ0) is 17.9. The van der Waals surface area contributed by atoms with Crippen LogP contribution < -0.4 is 19.1 Å². The number of rotatable bonds is 8. The number of halogens is 1. The molecule has 9 heteroatoms. The first-order chi connectivity index (χ1) is 11.3. The van der Waals surface area contributed by atoms with Crippen molar-refractivity contribution in [2.24, 2.45) is 5.92 Å². The Balaban J connectivity index is 2.25. The molecule has 1 saturated carbocycles. The average molecular weight is 377 g/mol. The van der Waals surface area contributed by atoms with Crippen LogP contribution in [-0.4, -0.2) is 47.9 Å². The molecule has 134 valence electrons. The number of hydrogen-bond acceptors (Lipinski definition) is 5. The van der Waals surface area contributed by atoms with Gasteiger partial charge in [0.25, 0.3) is 0 Å². The summed E-state index contributed by atoms with van der Waals surface area (Å²) in [5, 5.41) is 3.06. The second-order valence-corrected chi connectivity index (χ2v) is 7.87. The lowest BCUT2D eigenvalue weighted by Gasteiger charge is -2.25. The van der Waals surface area contributed by atoms with E-state index < -0.39 is 10.0 Å². The molecule has 1 aromatic carbocycles. The first-order valence-electron chi connectivity index (χ1n) is 7.45. The molecule has 24 heavy (non-hydrogen) atoms. The third-order valence-corrected chi connectivity index (χ3v) is 5.16. The highest BCUT2D eigenvalue weighted by Gasteiger charge is 2.30. The van der Waals surface area contributed by atoms with Gasteiger partial charge in [0.2, 0.25) is 15.9 Å². The lowest BCUT2D eigenvalue weighted by molar-refractivity contribution is -0.122. The number of amides is 1. The van der Waals surface area contributed by atoms with Gasteiger partial charge in [-0.3, -0.25) is 9.10 Å².